The summed E-state index contributed by atoms with van der Waals surface area (Å²) in [5, 5.41) is 1.25. The lowest BCUT2D eigenvalue weighted by Gasteiger charge is -2.33. The van der Waals surface area contributed by atoms with Crippen LogP contribution in [0, 0.1) is 13.8 Å². The third kappa shape index (κ3) is 3.54. The van der Waals surface area contributed by atoms with Gasteiger partial charge in [-0.3, -0.25) is 4.98 Å². The van der Waals surface area contributed by atoms with Crippen LogP contribution in [0.1, 0.15) is 34.3 Å². The molecule has 128 valence electrons. The highest BCUT2D eigenvalue weighted by atomic mass is 32.1. The molecule has 0 amide bonds. The lowest BCUT2D eigenvalue weighted by atomic mass is 9.99. The molecule has 4 heterocycles. The molecule has 3 aromatic rings. The summed E-state index contributed by atoms with van der Waals surface area (Å²) in [7, 11) is 0. The summed E-state index contributed by atoms with van der Waals surface area (Å²) in [6.45, 7) is 6.14. The van der Waals surface area contributed by atoms with E-state index in [2.05, 4.69) is 32.8 Å². The van der Waals surface area contributed by atoms with Crippen LogP contribution >= 0.6 is 11.3 Å². The Morgan fingerprint density at radius 2 is 2.12 bits per heavy atom. The lowest BCUT2D eigenvalue weighted by molar-refractivity contribution is 0.505. The Morgan fingerprint density at radius 3 is 2.88 bits per heavy atom. The number of rotatable bonds is 3. The SMILES string of the molecule is Cc1cc(N2CCCC(c3ncc(C)s3)C2)nc(-c2cccnc2)n1. The minimum Gasteiger partial charge on any atom is -0.356 e. The van der Waals surface area contributed by atoms with Gasteiger partial charge in [-0.25, -0.2) is 15.0 Å². The van der Waals surface area contributed by atoms with Crippen molar-refractivity contribution in [1.29, 1.82) is 0 Å². The summed E-state index contributed by atoms with van der Waals surface area (Å²) in [5.74, 6) is 2.24. The summed E-state index contributed by atoms with van der Waals surface area (Å²) in [6, 6.07) is 6.00. The third-order valence-electron chi connectivity index (χ3n) is 4.49. The first kappa shape index (κ1) is 16.1. The first-order chi connectivity index (χ1) is 12.2. The molecule has 25 heavy (non-hydrogen) atoms. The Bertz CT molecular complexity index is 861. The first-order valence-electron chi connectivity index (χ1n) is 8.62. The molecular formula is C19H21N5S. The molecule has 1 aliphatic heterocycles. The predicted molar refractivity (Wildman–Crippen MR) is 101 cm³/mol. The van der Waals surface area contributed by atoms with Gasteiger partial charge >= 0.3 is 0 Å². The van der Waals surface area contributed by atoms with Gasteiger partial charge in [0.1, 0.15) is 5.82 Å². The van der Waals surface area contributed by atoms with Crippen molar-refractivity contribution in [3.8, 4) is 11.4 Å². The Kier molecular flexibility index (Phi) is 4.44. The monoisotopic (exact) mass is 351 g/mol. The number of aryl methyl sites for hydroxylation is 2. The van der Waals surface area contributed by atoms with Crippen molar-refractivity contribution in [3.05, 3.63) is 52.4 Å². The molecule has 0 N–H and O–H groups in total. The molecule has 0 radical (unpaired) electrons. The molecule has 0 saturated carbocycles. The van der Waals surface area contributed by atoms with Crippen LogP contribution in [0.25, 0.3) is 11.4 Å². The van der Waals surface area contributed by atoms with Crippen molar-refractivity contribution < 1.29 is 0 Å². The zero-order valence-electron chi connectivity index (χ0n) is 14.5. The van der Waals surface area contributed by atoms with Gasteiger partial charge in [-0.05, 0) is 38.8 Å². The van der Waals surface area contributed by atoms with Crippen molar-refractivity contribution in [2.75, 3.05) is 18.0 Å². The summed E-state index contributed by atoms with van der Waals surface area (Å²) in [5.41, 5.74) is 1.94. The topological polar surface area (TPSA) is 54.8 Å². The van der Waals surface area contributed by atoms with E-state index < -0.39 is 0 Å². The molecule has 1 saturated heterocycles. The smallest absolute Gasteiger partial charge is 0.163 e. The van der Waals surface area contributed by atoms with Crippen LogP contribution < -0.4 is 4.90 Å². The zero-order valence-corrected chi connectivity index (χ0v) is 15.3. The predicted octanol–water partition coefficient (Wildman–Crippen LogP) is 4.00. The van der Waals surface area contributed by atoms with E-state index in [1.807, 2.05) is 42.8 Å². The second-order valence-corrected chi connectivity index (χ2v) is 7.79. The standard InChI is InChI=1S/C19H21N5S/c1-13-9-17(23-18(22-13)15-5-3-7-20-11-15)24-8-4-6-16(12-24)19-21-10-14(2)25-19/h3,5,7,9-11,16H,4,6,8,12H2,1-2H3. The van der Waals surface area contributed by atoms with E-state index in [4.69, 9.17) is 4.98 Å². The van der Waals surface area contributed by atoms with E-state index in [1.54, 1.807) is 6.20 Å². The van der Waals surface area contributed by atoms with E-state index in [-0.39, 0.29) is 0 Å². The van der Waals surface area contributed by atoms with Crippen LogP contribution in [0.15, 0.2) is 36.8 Å². The number of nitrogens with zero attached hydrogens (tertiary/aromatic N) is 5. The van der Waals surface area contributed by atoms with Gasteiger partial charge in [-0.2, -0.15) is 0 Å². The van der Waals surface area contributed by atoms with Crippen LogP contribution in [-0.2, 0) is 0 Å². The van der Waals surface area contributed by atoms with Gasteiger partial charge in [0.15, 0.2) is 5.82 Å². The van der Waals surface area contributed by atoms with Crippen molar-refractivity contribution in [2.45, 2.75) is 32.6 Å². The molecule has 1 fully saturated rings. The first-order valence-corrected chi connectivity index (χ1v) is 9.44. The minimum absolute atomic E-state index is 0.490. The largest absolute Gasteiger partial charge is 0.356 e. The normalized spacial score (nSPS) is 17.7. The maximum absolute atomic E-state index is 4.82. The fourth-order valence-corrected chi connectivity index (χ4v) is 4.19. The highest BCUT2D eigenvalue weighted by Crippen LogP contribution is 2.32. The Balaban J connectivity index is 1.61. The van der Waals surface area contributed by atoms with Crippen LogP contribution in [0.5, 0.6) is 0 Å². The van der Waals surface area contributed by atoms with E-state index in [9.17, 15) is 0 Å². The Hall–Kier alpha value is -2.34. The molecule has 0 bridgehead atoms. The number of anilines is 1. The summed E-state index contributed by atoms with van der Waals surface area (Å²) < 4.78 is 0. The molecule has 0 spiro atoms. The van der Waals surface area contributed by atoms with Gasteiger partial charge in [0, 0.05) is 59.8 Å². The summed E-state index contributed by atoms with van der Waals surface area (Å²) >= 11 is 1.82. The Labute approximate surface area is 151 Å². The molecule has 6 heteroatoms. The molecule has 0 aliphatic carbocycles. The van der Waals surface area contributed by atoms with Crippen molar-refractivity contribution in [3.63, 3.8) is 0 Å². The maximum Gasteiger partial charge on any atom is 0.163 e. The van der Waals surface area contributed by atoms with Gasteiger partial charge in [0.2, 0.25) is 0 Å². The van der Waals surface area contributed by atoms with Gasteiger partial charge in [-0.1, -0.05) is 0 Å². The molecule has 5 nitrogen and oxygen atoms in total. The summed E-state index contributed by atoms with van der Waals surface area (Å²) in [4.78, 5) is 21.9. The van der Waals surface area contributed by atoms with Gasteiger partial charge in [0.05, 0.1) is 5.01 Å². The molecule has 1 unspecified atom stereocenters. The highest BCUT2D eigenvalue weighted by molar-refractivity contribution is 7.11. The van der Waals surface area contributed by atoms with Crippen molar-refractivity contribution >= 4 is 17.2 Å². The maximum atomic E-state index is 4.82. The van der Waals surface area contributed by atoms with Crippen molar-refractivity contribution in [1.82, 2.24) is 19.9 Å². The van der Waals surface area contributed by atoms with Crippen LogP contribution in [-0.4, -0.2) is 33.0 Å². The molecule has 0 aromatic carbocycles. The highest BCUT2D eigenvalue weighted by Gasteiger charge is 2.25. The van der Waals surface area contributed by atoms with Crippen LogP contribution in [0.4, 0.5) is 5.82 Å². The fourth-order valence-electron chi connectivity index (χ4n) is 3.29. The average Bonchev–Trinajstić information content (AvgIpc) is 3.08. The number of hydrogen-bond donors (Lipinski definition) is 0. The molecular weight excluding hydrogens is 330 g/mol. The van der Waals surface area contributed by atoms with Crippen LogP contribution in [0.2, 0.25) is 0 Å². The molecule has 1 atom stereocenters. The number of pyridine rings is 1. The van der Waals surface area contributed by atoms with Crippen molar-refractivity contribution in [2.24, 2.45) is 0 Å². The second-order valence-electron chi connectivity index (χ2n) is 6.53. The number of aromatic nitrogens is 4. The molecule has 3 aromatic heterocycles. The minimum atomic E-state index is 0.490. The lowest BCUT2D eigenvalue weighted by Crippen LogP contribution is -2.35. The van der Waals surface area contributed by atoms with Crippen LogP contribution in [0.3, 0.4) is 0 Å². The fraction of sp³-hybridized carbons (Fsp3) is 0.368. The summed E-state index contributed by atoms with van der Waals surface area (Å²) in [6.07, 6.45) is 7.92. The zero-order chi connectivity index (χ0) is 17.2. The van der Waals surface area contributed by atoms with E-state index in [0.29, 0.717) is 5.92 Å². The average molecular weight is 351 g/mol. The van der Waals surface area contributed by atoms with Gasteiger partial charge < -0.3 is 4.90 Å². The number of thiazole rings is 1. The van der Waals surface area contributed by atoms with Gasteiger partial charge in [0.25, 0.3) is 0 Å². The quantitative estimate of drug-likeness (QED) is 0.714. The van der Waals surface area contributed by atoms with Gasteiger partial charge in [-0.15, -0.1) is 11.3 Å². The number of piperidine rings is 1. The molecule has 4 rings (SSSR count). The number of hydrogen-bond acceptors (Lipinski definition) is 6. The third-order valence-corrected chi connectivity index (χ3v) is 5.57. The van der Waals surface area contributed by atoms with E-state index >= 15 is 0 Å². The van der Waals surface area contributed by atoms with E-state index in [0.717, 1.165) is 42.4 Å². The van der Waals surface area contributed by atoms with E-state index in [1.165, 1.54) is 16.3 Å². The molecule has 1 aliphatic rings. The second kappa shape index (κ2) is 6.88. The Morgan fingerprint density at radius 1 is 1.20 bits per heavy atom.